The first-order valence-corrected chi connectivity index (χ1v) is 6.06. The van der Waals surface area contributed by atoms with Gasteiger partial charge in [0.05, 0.1) is 12.4 Å². The number of hydrogen-bond donors (Lipinski definition) is 1. The normalized spacial score (nSPS) is 10.0. The zero-order valence-corrected chi connectivity index (χ0v) is 10.4. The molecule has 0 radical (unpaired) electrons. The van der Waals surface area contributed by atoms with Gasteiger partial charge >= 0.3 is 11.9 Å². The topological polar surface area (TPSA) is 94.3 Å². The molecule has 0 aliphatic rings. The van der Waals surface area contributed by atoms with Gasteiger partial charge in [-0.3, -0.25) is 4.79 Å². The van der Waals surface area contributed by atoms with Gasteiger partial charge in [-0.2, -0.15) is 0 Å². The van der Waals surface area contributed by atoms with Gasteiger partial charge in [-0.05, 0) is 13.8 Å². The van der Waals surface area contributed by atoms with Crippen LogP contribution in [0.1, 0.15) is 24.5 Å². The van der Waals surface area contributed by atoms with Gasteiger partial charge < -0.3 is 14.5 Å². The lowest BCUT2D eigenvalue weighted by Crippen LogP contribution is -2.24. The minimum Gasteiger partial charge on any atom is -0.459 e. The van der Waals surface area contributed by atoms with Crippen molar-refractivity contribution in [2.45, 2.75) is 19.1 Å². The summed E-state index contributed by atoms with van der Waals surface area (Å²) in [5.41, 5.74) is 0. The predicted molar refractivity (Wildman–Crippen MR) is 59.7 cm³/mol. The third kappa shape index (κ3) is 4.43. The molecule has 0 saturated heterocycles. The van der Waals surface area contributed by atoms with Crippen LogP contribution < -0.4 is 5.32 Å². The number of carbonyl (C=O) groups is 2. The summed E-state index contributed by atoms with van der Waals surface area (Å²) in [4.78, 5) is 22.3. The van der Waals surface area contributed by atoms with Crippen LogP contribution >= 0.6 is 11.8 Å². The van der Waals surface area contributed by atoms with Crippen LogP contribution in [-0.4, -0.2) is 41.0 Å². The molecule has 0 bridgehead atoms. The van der Waals surface area contributed by atoms with Crippen molar-refractivity contribution in [2.75, 3.05) is 18.9 Å². The minimum atomic E-state index is -0.662. The zero-order valence-electron chi connectivity index (χ0n) is 9.56. The van der Waals surface area contributed by atoms with Crippen LogP contribution in [0.15, 0.2) is 9.64 Å². The molecule has 0 aliphatic heterocycles. The van der Waals surface area contributed by atoms with Crippen molar-refractivity contribution >= 4 is 23.6 Å². The number of thioether (sulfide) groups is 1. The summed E-state index contributed by atoms with van der Waals surface area (Å²) in [6.45, 7) is 4.31. The van der Waals surface area contributed by atoms with Crippen LogP contribution in [0.2, 0.25) is 0 Å². The summed E-state index contributed by atoms with van der Waals surface area (Å²) in [7, 11) is 0. The Labute approximate surface area is 102 Å². The van der Waals surface area contributed by atoms with Crippen LogP contribution in [0.25, 0.3) is 0 Å². The van der Waals surface area contributed by atoms with Gasteiger partial charge in [0, 0.05) is 6.54 Å². The van der Waals surface area contributed by atoms with E-state index in [2.05, 4.69) is 20.3 Å². The second kappa shape index (κ2) is 6.89. The number of amides is 1. The molecule has 0 unspecified atom stereocenters. The van der Waals surface area contributed by atoms with Crippen molar-refractivity contribution in [3.8, 4) is 0 Å². The maximum absolute atomic E-state index is 11.2. The van der Waals surface area contributed by atoms with Crippen LogP contribution in [-0.2, 0) is 9.53 Å². The molecule has 7 nitrogen and oxygen atoms in total. The molecule has 94 valence electrons. The maximum Gasteiger partial charge on any atom is 0.396 e. The number of nitrogens with one attached hydrogen (secondary N) is 1. The highest BCUT2D eigenvalue weighted by atomic mass is 32.2. The SMILES string of the molecule is CCNC(=O)CSc1nnc(C(=O)OCC)o1. The highest BCUT2D eigenvalue weighted by molar-refractivity contribution is 7.99. The molecule has 17 heavy (non-hydrogen) atoms. The van der Waals surface area contributed by atoms with Crippen molar-refractivity contribution < 1.29 is 18.7 Å². The van der Waals surface area contributed by atoms with Crippen LogP contribution in [0.5, 0.6) is 0 Å². The molecule has 0 saturated carbocycles. The Kier molecular flexibility index (Phi) is 5.47. The average molecular weight is 259 g/mol. The van der Waals surface area contributed by atoms with E-state index in [0.29, 0.717) is 6.54 Å². The van der Waals surface area contributed by atoms with E-state index in [1.165, 1.54) is 0 Å². The average Bonchev–Trinajstić information content (AvgIpc) is 2.76. The molecule has 1 amide bonds. The minimum absolute atomic E-state index is 0.131. The molecule has 0 aromatic carbocycles. The van der Waals surface area contributed by atoms with Gasteiger partial charge in [-0.25, -0.2) is 4.79 Å². The first kappa shape index (κ1) is 13.5. The first-order chi connectivity index (χ1) is 8.17. The van der Waals surface area contributed by atoms with E-state index in [9.17, 15) is 9.59 Å². The molecular formula is C9H13N3O4S. The second-order valence-electron chi connectivity index (χ2n) is 2.84. The molecule has 1 rings (SSSR count). The van der Waals surface area contributed by atoms with Gasteiger partial charge in [0.15, 0.2) is 0 Å². The van der Waals surface area contributed by atoms with Crippen molar-refractivity contribution in [1.82, 2.24) is 15.5 Å². The zero-order chi connectivity index (χ0) is 12.7. The highest BCUT2D eigenvalue weighted by Crippen LogP contribution is 2.15. The van der Waals surface area contributed by atoms with Gasteiger partial charge in [-0.15, -0.1) is 5.10 Å². The molecule has 1 N–H and O–H groups in total. The Morgan fingerprint density at radius 3 is 2.82 bits per heavy atom. The van der Waals surface area contributed by atoms with Gasteiger partial charge in [0.25, 0.3) is 5.22 Å². The number of ether oxygens (including phenoxy) is 1. The fourth-order valence-corrected chi connectivity index (χ4v) is 1.51. The molecule has 0 fully saturated rings. The van der Waals surface area contributed by atoms with Crippen molar-refractivity contribution in [2.24, 2.45) is 0 Å². The van der Waals surface area contributed by atoms with Crippen molar-refractivity contribution in [1.29, 1.82) is 0 Å². The summed E-state index contributed by atoms with van der Waals surface area (Å²) in [5, 5.41) is 9.92. The largest absolute Gasteiger partial charge is 0.459 e. The molecule has 1 heterocycles. The Hall–Kier alpha value is -1.57. The Morgan fingerprint density at radius 2 is 2.18 bits per heavy atom. The lowest BCUT2D eigenvalue weighted by molar-refractivity contribution is -0.118. The van der Waals surface area contributed by atoms with E-state index < -0.39 is 5.97 Å². The number of hydrogen-bond acceptors (Lipinski definition) is 7. The summed E-state index contributed by atoms with van der Waals surface area (Å²) < 4.78 is 9.69. The van der Waals surface area contributed by atoms with E-state index in [1.807, 2.05) is 6.92 Å². The number of carbonyl (C=O) groups excluding carboxylic acids is 2. The standard InChI is InChI=1S/C9H13N3O4S/c1-3-10-6(13)5-17-9-12-11-7(16-9)8(14)15-4-2/h3-5H2,1-2H3,(H,10,13). The summed E-state index contributed by atoms with van der Waals surface area (Å²) in [5.74, 6) is -0.832. The number of rotatable bonds is 6. The van der Waals surface area contributed by atoms with Crippen molar-refractivity contribution in [3.05, 3.63) is 5.89 Å². The maximum atomic E-state index is 11.2. The molecular weight excluding hydrogens is 246 g/mol. The van der Waals surface area contributed by atoms with E-state index in [0.717, 1.165) is 11.8 Å². The van der Waals surface area contributed by atoms with Crippen molar-refractivity contribution in [3.63, 3.8) is 0 Å². The molecule has 1 aromatic rings. The summed E-state index contributed by atoms with van der Waals surface area (Å²) in [6, 6.07) is 0. The summed E-state index contributed by atoms with van der Waals surface area (Å²) in [6.07, 6.45) is 0. The third-order valence-electron chi connectivity index (χ3n) is 1.56. The van der Waals surface area contributed by atoms with E-state index >= 15 is 0 Å². The predicted octanol–water partition coefficient (Wildman–Crippen LogP) is 0.474. The molecule has 1 aromatic heterocycles. The van der Waals surface area contributed by atoms with Crippen LogP contribution in [0.4, 0.5) is 0 Å². The molecule has 0 atom stereocenters. The van der Waals surface area contributed by atoms with Crippen LogP contribution in [0.3, 0.4) is 0 Å². The smallest absolute Gasteiger partial charge is 0.396 e. The van der Waals surface area contributed by atoms with E-state index in [1.54, 1.807) is 6.92 Å². The molecule has 0 aliphatic carbocycles. The van der Waals surface area contributed by atoms with E-state index in [-0.39, 0.29) is 29.4 Å². The fraction of sp³-hybridized carbons (Fsp3) is 0.556. The lowest BCUT2D eigenvalue weighted by atomic mass is 10.6. The van der Waals surface area contributed by atoms with Gasteiger partial charge in [-0.1, -0.05) is 16.9 Å². The fourth-order valence-electron chi connectivity index (χ4n) is 0.919. The second-order valence-corrected chi connectivity index (χ2v) is 3.76. The van der Waals surface area contributed by atoms with Crippen LogP contribution in [0, 0.1) is 0 Å². The number of aromatic nitrogens is 2. The lowest BCUT2D eigenvalue weighted by Gasteiger charge is -1.98. The Morgan fingerprint density at radius 1 is 1.41 bits per heavy atom. The quantitative estimate of drug-likeness (QED) is 0.586. The monoisotopic (exact) mass is 259 g/mol. The molecule has 0 spiro atoms. The highest BCUT2D eigenvalue weighted by Gasteiger charge is 2.16. The Balaban J connectivity index is 2.45. The third-order valence-corrected chi connectivity index (χ3v) is 2.38. The first-order valence-electron chi connectivity index (χ1n) is 5.07. The van der Waals surface area contributed by atoms with E-state index in [4.69, 9.17) is 4.42 Å². The number of nitrogens with zero attached hydrogens (tertiary/aromatic N) is 2. The van der Waals surface area contributed by atoms with Gasteiger partial charge in [0.1, 0.15) is 0 Å². The summed E-state index contributed by atoms with van der Waals surface area (Å²) >= 11 is 1.06. The van der Waals surface area contributed by atoms with Gasteiger partial charge in [0.2, 0.25) is 5.91 Å². The number of esters is 1. The Bertz CT molecular complexity index is 393. The molecule has 8 heteroatoms.